The zero-order chi connectivity index (χ0) is 21.4. The van der Waals surface area contributed by atoms with Crippen molar-refractivity contribution in [2.24, 2.45) is 0 Å². The number of nitrogens with one attached hydrogen (secondary N) is 1. The van der Waals surface area contributed by atoms with E-state index in [1.807, 2.05) is 29.2 Å². The molecule has 0 saturated carbocycles. The monoisotopic (exact) mass is 454 g/mol. The highest BCUT2D eigenvalue weighted by Gasteiger charge is 2.43. The van der Waals surface area contributed by atoms with Crippen LogP contribution in [0, 0.1) is 5.82 Å². The lowest BCUT2D eigenvalue weighted by molar-refractivity contribution is -0.0634. The molecule has 0 amide bonds. The topological polar surface area (TPSA) is 110 Å². The molecule has 3 saturated heterocycles. The van der Waals surface area contributed by atoms with E-state index < -0.39 is 44.3 Å². The molecule has 12 heteroatoms. The van der Waals surface area contributed by atoms with Crippen molar-refractivity contribution in [3.05, 3.63) is 68.2 Å². The Bertz CT molecular complexity index is 1060. The quantitative estimate of drug-likeness (QED) is 0.682. The van der Waals surface area contributed by atoms with Gasteiger partial charge in [-0.1, -0.05) is 24.3 Å². The standard InChI is InChI=1S/C19H20FN2O8P/c20-13-8-22(19(24)21-17(13)23)16-7-14-15(29-16)10-28-31(30-14)27-9-11-3-1-2-4-12(11)18-25-5-6-26-18/h1-4,8,14-16,18H,5-7,9-10H2,(H,21,23,24). The number of hydrogen-bond donors (Lipinski definition) is 1. The van der Waals surface area contributed by atoms with Gasteiger partial charge in [-0.2, -0.15) is 4.39 Å². The van der Waals surface area contributed by atoms with Crippen LogP contribution >= 0.6 is 8.60 Å². The Morgan fingerprint density at radius 3 is 2.84 bits per heavy atom. The third-order valence-electron chi connectivity index (χ3n) is 5.24. The molecule has 4 atom stereocenters. The average molecular weight is 454 g/mol. The van der Waals surface area contributed by atoms with Gasteiger partial charge in [-0.25, -0.2) is 4.79 Å². The zero-order valence-corrected chi connectivity index (χ0v) is 17.2. The summed E-state index contributed by atoms with van der Waals surface area (Å²) in [7, 11) is -1.64. The molecule has 166 valence electrons. The van der Waals surface area contributed by atoms with E-state index in [-0.39, 0.29) is 19.3 Å². The van der Waals surface area contributed by atoms with Crippen molar-refractivity contribution in [2.45, 2.75) is 37.8 Å². The Kier molecular flexibility index (Phi) is 5.98. The van der Waals surface area contributed by atoms with Crippen LogP contribution in [0.25, 0.3) is 0 Å². The molecule has 3 aliphatic heterocycles. The van der Waals surface area contributed by atoms with Gasteiger partial charge in [-0.15, -0.1) is 0 Å². The summed E-state index contributed by atoms with van der Waals surface area (Å²) in [6.07, 6.45) is -0.865. The highest BCUT2D eigenvalue weighted by atomic mass is 31.2. The van der Waals surface area contributed by atoms with Crippen molar-refractivity contribution in [3.8, 4) is 0 Å². The summed E-state index contributed by atoms with van der Waals surface area (Å²) in [5, 5.41) is 0. The fourth-order valence-corrected chi connectivity index (χ4v) is 4.86. The van der Waals surface area contributed by atoms with Crippen LogP contribution in [0.15, 0.2) is 40.1 Å². The van der Waals surface area contributed by atoms with Crippen molar-refractivity contribution in [3.63, 3.8) is 0 Å². The molecule has 31 heavy (non-hydrogen) atoms. The predicted molar refractivity (Wildman–Crippen MR) is 103 cm³/mol. The second-order valence-corrected chi connectivity index (χ2v) is 8.39. The number of ether oxygens (including phenoxy) is 3. The number of nitrogens with zero attached hydrogens (tertiary/aromatic N) is 1. The molecule has 1 N–H and O–H groups in total. The fraction of sp³-hybridized carbons (Fsp3) is 0.474. The minimum absolute atomic E-state index is 0.212. The maximum atomic E-state index is 13.6. The predicted octanol–water partition coefficient (Wildman–Crippen LogP) is 1.87. The summed E-state index contributed by atoms with van der Waals surface area (Å²) < 4.78 is 48.9. The highest BCUT2D eigenvalue weighted by Crippen LogP contribution is 2.50. The molecule has 10 nitrogen and oxygen atoms in total. The Morgan fingerprint density at radius 1 is 1.19 bits per heavy atom. The van der Waals surface area contributed by atoms with Crippen LogP contribution in [-0.2, 0) is 34.4 Å². The molecule has 4 unspecified atom stereocenters. The van der Waals surface area contributed by atoms with Gasteiger partial charge in [0.05, 0.1) is 38.7 Å². The second kappa shape index (κ2) is 8.87. The SMILES string of the molecule is O=c1[nH]c(=O)n(C2CC3OP(OCc4ccccc4C4OCCO4)OCC3O2)cc1F. The van der Waals surface area contributed by atoms with Crippen LogP contribution in [0.4, 0.5) is 4.39 Å². The van der Waals surface area contributed by atoms with E-state index in [0.717, 1.165) is 21.9 Å². The first kappa shape index (κ1) is 20.9. The molecule has 0 spiro atoms. The van der Waals surface area contributed by atoms with Gasteiger partial charge in [0.15, 0.2) is 6.29 Å². The zero-order valence-electron chi connectivity index (χ0n) is 16.3. The number of fused-ring (bicyclic) bond motifs is 1. The van der Waals surface area contributed by atoms with Gasteiger partial charge in [-0.3, -0.25) is 14.3 Å². The van der Waals surface area contributed by atoms with Crippen molar-refractivity contribution in [1.82, 2.24) is 9.55 Å². The summed E-state index contributed by atoms with van der Waals surface area (Å²) in [5.74, 6) is -1.06. The van der Waals surface area contributed by atoms with Crippen LogP contribution < -0.4 is 11.2 Å². The first-order chi connectivity index (χ1) is 15.1. The average Bonchev–Trinajstić information content (AvgIpc) is 3.44. The lowest BCUT2D eigenvalue weighted by Crippen LogP contribution is -2.34. The molecule has 0 aliphatic carbocycles. The summed E-state index contributed by atoms with van der Waals surface area (Å²) >= 11 is 0. The Labute approximate surface area is 176 Å². The summed E-state index contributed by atoms with van der Waals surface area (Å²) in [5.41, 5.74) is -0.0139. The Morgan fingerprint density at radius 2 is 2.00 bits per heavy atom. The van der Waals surface area contributed by atoms with Gasteiger partial charge in [0, 0.05) is 12.0 Å². The van der Waals surface area contributed by atoms with E-state index in [0.29, 0.717) is 19.6 Å². The maximum Gasteiger partial charge on any atom is 0.333 e. The van der Waals surface area contributed by atoms with Gasteiger partial charge in [-0.05, 0) is 5.56 Å². The van der Waals surface area contributed by atoms with E-state index in [1.54, 1.807) is 0 Å². The smallest absolute Gasteiger partial charge is 0.333 e. The second-order valence-electron chi connectivity index (χ2n) is 7.22. The van der Waals surface area contributed by atoms with E-state index >= 15 is 0 Å². The first-order valence-electron chi connectivity index (χ1n) is 9.78. The van der Waals surface area contributed by atoms with Gasteiger partial charge in [0.1, 0.15) is 12.3 Å². The van der Waals surface area contributed by atoms with Gasteiger partial charge < -0.3 is 27.8 Å². The number of aromatic nitrogens is 2. The van der Waals surface area contributed by atoms with Crippen LogP contribution in [0.3, 0.4) is 0 Å². The van der Waals surface area contributed by atoms with Crippen LogP contribution in [0.1, 0.15) is 30.1 Å². The van der Waals surface area contributed by atoms with Crippen molar-refractivity contribution in [1.29, 1.82) is 0 Å². The summed E-state index contributed by atoms with van der Waals surface area (Å²) in [6.45, 7) is 1.55. The maximum absolute atomic E-state index is 13.6. The molecule has 4 heterocycles. The molecular weight excluding hydrogens is 434 g/mol. The molecule has 5 rings (SSSR count). The highest BCUT2D eigenvalue weighted by molar-refractivity contribution is 7.41. The number of H-pyrrole nitrogens is 1. The largest absolute Gasteiger partial charge is 0.349 e. The van der Waals surface area contributed by atoms with Gasteiger partial charge in [0.25, 0.3) is 5.56 Å². The fourth-order valence-electron chi connectivity index (χ4n) is 3.71. The molecule has 0 radical (unpaired) electrons. The number of rotatable bonds is 5. The summed E-state index contributed by atoms with van der Waals surface area (Å²) in [4.78, 5) is 25.2. The molecule has 3 aliphatic rings. The Balaban J connectivity index is 1.22. The minimum atomic E-state index is -1.64. The number of hydrogen-bond acceptors (Lipinski definition) is 8. The molecule has 1 aromatic heterocycles. The lowest BCUT2D eigenvalue weighted by Gasteiger charge is -2.29. The third kappa shape index (κ3) is 4.35. The number of halogens is 1. The molecule has 0 bridgehead atoms. The number of benzene rings is 1. The van der Waals surface area contributed by atoms with Crippen molar-refractivity contribution >= 4 is 8.60 Å². The molecule has 2 aromatic rings. The lowest BCUT2D eigenvalue weighted by atomic mass is 10.1. The van der Waals surface area contributed by atoms with Crippen LogP contribution in [0.5, 0.6) is 0 Å². The van der Waals surface area contributed by atoms with E-state index in [2.05, 4.69) is 0 Å². The van der Waals surface area contributed by atoms with Gasteiger partial charge >= 0.3 is 14.3 Å². The van der Waals surface area contributed by atoms with E-state index in [4.69, 9.17) is 27.8 Å². The van der Waals surface area contributed by atoms with E-state index in [9.17, 15) is 14.0 Å². The normalized spacial score (nSPS) is 28.7. The van der Waals surface area contributed by atoms with Crippen molar-refractivity contribution in [2.75, 3.05) is 19.8 Å². The van der Waals surface area contributed by atoms with Crippen molar-refractivity contribution < 1.29 is 32.2 Å². The van der Waals surface area contributed by atoms with E-state index in [1.165, 1.54) is 0 Å². The summed E-state index contributed by atoms with van der Waals surface area (Å²) in [6, 6.07) is 7.66. The minimum Gasteiger partial charge on any atom is -0.349 e. The van der Waals surface area contributed by atoms with Crippen LogP contribution in [-0.4, -0.2) is 41.6 Å². The van der Waals surface area contributed by atoms with Crippen LogP contribution in [0.2, 0.25) is 0 Å². The molecular formula is C19H20FN2O8P. The first-order valence-corrected chi connectivity index (χ1v) is 10.9. The molecule has 3 fully saturated rings. The molecule has 1 aromatic carbocycles. The number of aromatic amines is 1. The third-order valence-corrected chi connectivity index (χ3v) is 6.38. The van der Waals surface area contributed by atoms with Gasteiger partial charge in [0.2, 0.25) is 5.82 Å². The Hall–Kier alpha value is -1.98.